The Kier molecular flexibility index (Phi) is 4.24. The third kappa shape index (κ3) is 3.88. The highest BCUT2D eigenvalue weighted by Crippen LogP contribution is 2.20. The number of pyridine rings is 1. The van der Waals surface area contributed by atoms with Gasteiger partial charge in [0, 0.05) is 42.5 Å². The van der Waals surface area contributed by atoms with Crippen LogP contribution in [0, 0.1) is 0 Å². The lowest BCUT2D eigenvalue weighted by Crippen LogP contribution is -2.05. The summed E-state index contributed by atoms with van der Waals surface area (Å²) in [5.74, 6) is 0.408. The average molecular weight is 305 g/mol. The van der Waals surface area contributed by atoms with E-state index in [4.69, 9.17) is 0 Å². The van der Waals surface area contributed by atoms with E-state index < -0.39 is 0 Å². The molecule has 0 aliphatic carbocycles. The van der Waals surface area contributed by atoms with Crippen molar-refractivity contribution in [2.45, 2.75) is 6.92 Å². The highest BCUT2D eigenvalue weighted by Gasteiger charge is 2.03. The van der Waals surface area contributed by atoms with E-state index in [-0.39, 0.29) is 5.91 Å². The van der Waals surface area contributed by atoms with Crippen LogP contribution in [0.2, 0.25) is 0 Å². The summed E-state index contributed by atoms with van der Waals surface area (Å²) in [7, 11) is 0. The summed E-state index contributed by atoms with van der Waals surface area (Å²) >= 11 is 0. The van der Waals surface area contributed by atoms with Crippen LogP contribution >= 0.6 is 0 Å². The molecule has 2 heterocycles. The summed E-state index contributed by atoms with van der Waals surface area (Å²) in [6.07, 6.45) is 5.16. The molecule has 0 saturated carbocycles. The molecule has 6 nitrogen and oxygen atoms in total. The molecule has 0 aliphatic heterocycles. The van der Waals surface area contributed by atoms with Gasteiger partial charge >= 0.3 is 0 Å². The maximum atomic E-state index is 11.0. The van der Waals surface area contributed by atoms with Crippen molar-refractivity contribution in [3.05, 3.63) is 61.1 Å². The van der Waals surface area contributed by atoms with Gasteiger partial charge in [0.25, 0.3) is 0 Å². The monoisotopic (exact) mass is 305 g/mol. The van der Waals surface area contributed by atoms with E-state index in [1.54, 1.807) is 18.6 Å². The zero-order valence-electron chi connectivity index (χ0n) is 12.5. The van der Waals surface area contributed by atoms with Crippen LogP contribution in [-0.4, -0.2) is 20.9 Å². The molecule has 23 heavy (non-hydrogen) atoms. The highest BCUT2D eigenvalue weighted by molar-refractivity contribution is 5.88. The molecular formula is C17H15N5O. The van der Waals surface area contributed by atoms with Gasteiger partial charge in [-0.2, -0.15) is 0 Å². The van der Waals surface area contributed by atoms with Gasteiger partial charge in [-0.25, -0.2) is 9.97 Å². The fourth-order valence-corrected chi connectivity index (χ4v) is 2.07. The molecule has 2 aromatic heterocycles. The molecule has 0 spiro atoms. The molecule has 0 radical (unpaired) electrons. The highest BCUT2D eigenvalue weighted by atomic mass is 16.1. The van der Waals surface area contributed by atoms with Crippen LogP contribution in [0.15, 0.2) is 61.1 Å². The molecule has 0 fully saturated rings. The van der Waals surface area contributed by atoms with Gasteiger partial charge in [-0.3, -0.25) is 9.78 Å². The second-order valence-corrected chi connectivity index (χ2v) is 4.88. The number of carbonyl (C=O) groups is 1. The lowest BCUT2D eigenvalue weighted by molar-refractivity contribution is -0.114. The number of hydrogen-bond acceptors (Lipinski definition) is 5. The number of carbonyl (C=O) groups excluding carboxylic acids is 1. The van der Waals surface area contributed by atoms with Gasteiger partial charge in [-0.1, -0.05) is 0 Å². The Labute approximate surface area is 133 Å². The molecule has 0 saturated heterocycles. The summed E-state index contributed by atoms with van der Waals surface area (Å²) in [4.78, 5) is 23.7. The lowest BCUT2D eigenvalue weighted by atomic mass is 10.2. The maximum Gasteiger partial charge on any atom is 0.227 e. The minimum absolute atomic E-state index is 0.0981. The van der Waals surface area contributed by atoms with E-state index in [1.165, 1.54) is 6.92 Å². The molecule has 0 atom stereocenters. The molecule has 2 N–H and O–H groups in total. The Morgan fingerprint density at radius 1 is 0.913 bits per heavy atom. The van der Waals surface area contributed by atoms with E-state index in [9.17, 15) is 4.79 Å². The van der Waals surface area contributed by atoms with Gasteiger partial charge < -0.3 is 10.6 Å². The van der Waals surface area contributed by atoms with Crippen LogP contribution in [0.3, 0.4) is 0 Å². The van der Waals surface area contributed by atoms with Crippen molar-refractivity contribution in [2.24, 2.45) is 0 Å². The molecule has 0 bridgehead atoms. The Morgan fingerprint density at radius 3 is 2.30 bits per heavy atom. The molecule has 3 aromatic rings. The van der Waals surface area contributed by atoms with E-state index in [0.717, 1.165) is 22.6 Å². The van der Waals surface area contributed by atoms with Crippen LogP contribution in [0.5, 0.6) is 0 Å². The van der Waals surface area contributed by atoms with Crippen molar-refractivity contribution in [3.63, 3.8) is 0 Å². The summed E-state index contributed by atoms with van der Waals surface area (Å²) < 4.78 is 0. The molecule has 3 rings (SSSR count). The Balaban J connectivity index is 1.77. The Bertz CT molecular complexity index is 803. The Morgan fingerprint density at radius 2 is 1.61 bits per heavy atom. The average Bonchev–Trinajstić information content (AvgIpc) is 2.57. The molecule has 6 heteroatoms. The van der Waals surface area contributed by atoms with E-state index in [2.05, 4.69) is 25.6 Å². The maximum absolute atomic E-state index is 11.0. The molecule has 1 aromatic carbocycles. The number of hydrogen-bond donors (Lipinski definition) is 2. The third-order valence-electron chi connectivity index (χ3n) is 3.09. The number of nitrogens with one attached hydrogen (secondary N) is 2. The predicted octanol–water partition coefficient (Wildman–Crippen LogP) is 3.24. The molecule has 0 aliphatic rings. The first-order valence-electron chi connectivity index (χ1n) is 7.09. The van der Waals surface area contributed by atoms with Gasteiger partial charge in [0.2, 0.25) is 11.9 Å². The van der Waals surface area contributed by atoms with Crippen molar-refractivity contribution >= 4 is 23.2 Å². The minimum Gasteiger partial charge on any atom is -0.326 e. The summed E-state index contributed by atoms with van der Waals surface area (Å²) in [6.45, 7) is 1.48. The molecular weight excluding hydrogens is 290 g/mol. The van der Waals surface area contributed by atoms with Crippen molar-refractivity contribution in [1.82, 2.24) is 15.0 Å². The topological polar surface area (TPSA) is 79.8 Å². The van der Waals surface area contributed by atoms with Crippen LogP contribution in [0.1, 0.15) is 6.92 Å². The smallest absolute Gasteiger partial charge is 0.227 e. The molecule has 0 unspecified atom stereocenters. The standard InChI is InChI=1S/C17H15N5O/c1-12(23)20-14-2-4-15(5-3-14)21-17-19-11-8-16(22-17)13-6-9-18-10-7-13/h2-11H,1H3,(H,20,23)(H,19,21,22). The third-order valence-corrected chi connectivity index (χ3v) is 3.09. The van der Waals surface area contributed by atoms with Crippen molar-refractivity contribution < 1.29 is 4.79 Å². The van der Waals surface area contributed by atoms with Crippen LogP contribution in [0.4, 0.5) is 17.3 Å². The largest absolute Gasteiger partial charge is 0.326 e. The van der Waals surface area contributed by atoms with Crippen molar-refractivity contribution in [3.8, 4) is 11.3 Å². The summed E-state index contributed by atoms with van der Waals surface area (Å²) in [5, 5.41) is 5.87. The van der Waals surface area contributed by atoms with Gasteiger partial charge in [-0.05, 0) is 42.5 Å². The zero-order valence-corrected chi connectivity index (χ0v) is 12.5. The van der Waals surface area contributed by atoms with E-state index in [1.807, 2.05) is 42.5 Å². The zero-order chi connectivity index (χ0) is 16.1. The SMILES string of the molecule is CC(=O)Nc1ccc(Nc2nccc(-c3ccncc3)n2)cc1. The predicted molar refractivity (Wildman–Crippen MR) is 89.3 cm³/mol. The first kappa shape index (κ1) is 14.6. The van der Waals surface area contributed by atoms with Gasteiger partial charge in [0.05, 0.1) is 5.69 Å². The van der Waals surface area contributed by atoms with E-state index in [0.29, 0.717) is 5.95 Å². The second kappa shape index (κ2) is 6.65. The van der Waals surface area contributed by atoms with Crippen LogP contribution in [-0.2, 0) is 4.79 Å². The summed E-state index contributed by atoms with van der Waals surface area (Å²) in [5.41, 5.74) is 3.38. The minimum atomic E-state index is -0.0981. The fraction of sp³-hybridized carbons (Fsp3) is 0.0588. The number of amides is 1. The number of aromatic nitrogens is 3. The second-order valence-electron chi connectivity index (χ2n) is 4.88. The molecule has 1 amide bonds. The van der Waals surface area contributed by atoms with Crippen molar-refractivity contribution in [1.29, 1.82) is 0 Å². The van der Waals surface area contributed by atoms with Crippen LogP contribution < -0.4 is 10.6 Å². The first-order valence-corrected chi connectivity index (χ1v) is 7.09. The number of nitrogens with zero attached hydrogens (tertiary/aromatic N) is 3. The van der Waals surface area contributed by atoms with E-state index >= 15 is 0 Å². The lowest BCUT2D eigenvalue weighted by Gasteiger charge is -2.08. The number of rotatable bonds is 4. The molecule has 114 valence electrons. The first-order chi connectivity index (χ1) is 11.2. The quantitative estimate of drug-likeness (QED) is 0.773. The van der Waals surface area contributed by atoms with Gasteiger partial charge in [0.1, 0.15) is 0 Å². The van der Waals surface area contributed by atoms with Gasteiger partial charge in [-0.15, -0.1) is 0 Å². The van der Waals surface area contributed by atoms with Crippen LogP contribution in [0.25, 0.3) is 11.3 Å². The van der Waals surface area contributed by atoms with Crippen molar-refractivity contribution in [2.75, 3.05) is 10.6 Å². The number of anilines is 3. The Hall–Kier alpha value is -3.28. The summed E-state index contributed by atoms with van der Waals surface area (Å²) in [6, 6.07) is 13.0. The number of benzene rings is 1. The fourth-order valence-electron chi connectivity index (χ4n) is 2.07. The van der Waals surface area contributed by atoms with Gasteiger partial charge in [0.15, 0.2) is 0 Å². The normalized spacial score (nSPS) is 10.1.